The number of sulfone groups is 1. The first-order valence-corrected chi connectivity index (χ1v) is 13.8. The zero-order valence-corrected chi connectivity index (χ0v) is 20.6. The number of rotatable bonds is 7. The zero-order chi connectivity index (χ0) is 23.5. The van der Waals surface area contributed by atoms with Crippen molar-refractivity contribution >= 4 is 9.84 Å². The Morgan fingerprint density at radius 1 is 1.06 bits per heavy atom. The molecule has 0 N–H and O–H groups in total. The highest BCUT2D eigenvalue weighted by atomic mass is 32.2. The number of imidazole rings is 1. The average molecular weight is 480 g/mol. The Balaban J connectivity index is 1.41. The van der Waals surface area contributed by atoms with E-state index in [0.717, 1.165) is 51.1 Å². The first kappa shape index (κ1) is 23.3. The van der Waals surface area contributed by atoms with Crippen LogP contribution in [0.5, 0.6) is 0 Å². The fourth-order valence-electron chi connectivity index (χ4n) is 5.45. The molecule has 2 aliphatic rings. The normalized spacial score (nSPS) is 21.3. The maximum Gasteiger partial charge on any atom is 0.197 e. The van der Waals surface area contributed by atoms with Crippen molar-refractivity contribution in [3.63, 3.8) is 0 Å². The Hall–Kier alpha value is -2.48. The van der Waals surface area contributed by atoms with Gasteiger partial charge < -0.3 is 9.30 Å². The molecule has 34 heavy (non-hydrogen) atoms. The molecule has 3 aromatic rings. The number of aromatic nitrogens is 2. The van der Waals surface area contributed by atoms with Gasteiger partial charge in [-0.15, -0.1) is 0 Å². The summed E-state index contributed by atoms with van der Waals surface area (Å²) in [4.78, 5) is 6.66. The van der Waals surface area contributed by atoms with Crippen LogP contribution < -0.4 is 0 Å². The van der Waals surface area contributed by atoms with Gasteiger partial charge in [0.2, 0.25) is 0 Å². The predicted octanol–water partition coefficient (Wildman–Crippen LogP) is 3.41. The second-order valence-corrected chi connectivity index (χ2v) is 11.6. The zero-order valence-electron chi connectivity index (χ0n) is 19.8. The molecule has 1 fully saturated rings. The molecule has 7 heteroatoms. The number of benzene rings is 2. The van der Waals surface area contributed by atoms with E-state index in [1.54, 1.807) is 17.8 Å². The van der Waals surface area contributed by atoms with Crippen LogP contribution in [-0.2, 0) is 40.9 Å². The fraction of sp³-hybridized carbons (Fsp3) is 0.444. The summed E-state index contributed by atoms with van der Waals surface area (Å²) >= 11 is 0. The molecule has 1 aliphatic heterocycles. The first-order valence-electron chi connectivity index (χ1n) is 12.2. The van der Waals surface area contributed by atoms with E-state index in [1.165, 1.54) is 23.0 Å². The summed E-state index contributed by atoms with van der Waals surface area (Å²) < 4.78 is 32.9. The molecule has 1 saturated heterocycles. The minimum absolute atomic E-state index is 0.0685. The number of hydrogen-bond acceptors (Lipinski definition) is 5. The Kier molecular flexibility index (Phi) is 6.86. The van der Waals surface area contributed by atoms with Crippen LogP contribution in [0.1, 0.15) is 34.6 Å². The van der Waals surface area contributed by atoms with Crippen molar-refractivity contribution in [1.82, 2.24) is 14.5 Å². The summed E-state index contributed by atoms with van der Waals surface area (Å²) in [5.41, 5.74) is 5.22. The topological polar surface area (TPSA) is 64.4 Å². The molecular formula is C27H33N3O3S. The molecule has 0 spiro atoms. The second-order valence-electron chi connectivity index (χ2n) is 9.53. The van der Waals surface area contributed by atoms with Gasteiger partial charge in [-0.05, 0) is 47.9 Å². The van der Waals surface area contributed by atoms with E-state index in [9.17, 15) is 8.42 Å². The van der Waals surface area contributed by atoms with Gasteiger partial charge >= 0.3 is 0 Å². The average Bonchev–Trinajstić information content (AvgIpc) is 3.31. The predicted molar refractivity (Wildman–Crippen MR) is 133 cm³/mol. The third-order valence-corrected chi connectivity index (χ3v) is 8.85. The van der Waals surface area contributed by atoms with Crippen LogP contribution in [0.25, 0.3) is 0 Å². The van der Waals surface area contributed by atoms with Crippen LogP contribution in [0, 0.1) is 0 Å². The lowest BCUT2D eigenvalue weighted by Gasteiger charge is -2.43. The molecule has 0 amide bonds. The van der Waals surface area contributed by atoms with E-state index in [-0.39, 0.29) is 10.8 Å². The molecule has 1 aliphatic carbocycles. The summed E-state index contributed by atoms with van der Waals surface area (Å²) in [6.07, 6.45) is 6.81. The summed E-state index contributed by atoms with van der Waals surface area (Å²) in [5.74, 6) is 0.454. The van der Waals surface area contributed by atoms with Crippen molar-refractivity contribution in [3.05, 3.63) is 83.3 Å². The third-order valence-electron chi connectivity index (χ3n) is 7.26. The number of morpholine rings is 1. The van der Waals surface area contributed by atoms with E-state index in [4.69, 9.17) is 4.74 Å². The molecule has 2 aromatic carbocycles. The lowest BCUT2D eigenvalue weighted by molar-refractivity contribution is 0.00683. The largest absolute Gasteiger partial charge is 0.379 e. The Morgan fingerprint density at radius 3 is 2.59 bits per heavy atom. The molecule has 1 aromatic heterocycles. The molecule has 6 nitrogen and oxygen atoms in total. The van der Waals surface area contributed by atoms with Gasteiger partial charge in [-0.25, -0.2) is 13.4 Å². The van der Waals surface area contributed by atoms with Gasteiger partial charge in [-0.1, -0.05) is 48.5 Å². The van der Waals surface area contributed by atoms with Gasteiger partial charge in [-0.2, -0.15) is 0 Å². The van der Waals surface area contributed by atoms with Crippen molar-refractivity contribution in [2.45, 2.75) is 42.7 Å². The van der Waals surface area contributed by atoms with E-state index < -0.39 is 9.84 Å². The van der Waals surface area contributed by atoms with E-state index >= 15 is 0 Å². The van der Waals surface area contributed by atoms with Crippen LogP contribution in [0.2, 0.25) is 0 Å². The maximum atomic E-state index is 12.8. The summed E-state index contributed by atoms with van der Waals surface area (Å²) in [7, 11) is -1.62. The molecular weight excluding hydrogens is 446 g/mol. The summed E-state index contributed by atoms with van der Waals surface area (Å²) in [6, 6.07) is 17.8. The van der Waals surface area contributed by atoms with Crippen LogP contribution in [0.4, 0.5) is 0 Å². The Morgan fingerprint density at radius 2 is 1.85 bits per heavy atom. The third kappa shape index (κ3) is 5.11. The molecule has 2 unspecified atom stereocenters. The summed E-state index contributed by atoms with van der Waals surface area (Å²) in [5, 5.41) is 0.155. The van der Waals surface area contributed by atoms with Crippen LogP contribution in [-0.4, -0.2) is 61.0 Å². The van der Waals surface area contributed by atoms with Gasteiger partial charge in [-0.3, -0.25) is 4.90 Å². The smallest absolute Gasteiger partial charge is 0.197 e. The number of nitrogens with zero attached hydrogens (tertiary/aromatic N) is 3. The van der Waals surface area contributed by atoms with Crippen LogP contribution >= 0.6 is 0 Å². The lowest BCUT2D eigenvalue weighted by atomic mass is 9.75. The van der Waals surface area contributed by atoms with Crippen LogP contribution in [0.3, 0.4) is 0 Å². The first-order chi connectivity index (χ1) is 16.5. The molecule has 0 saturated carbocycles. The maximum absolute atomic E-state index is 12.8. The molecule has 0 radical (unpaired) electrons. The minimum Gasteiger partial charge on any atom is -0.379 e. The van der Waals surface area contributed by atoms with E-state index in [0.29, 0.717) is 18.4 Å². The highest BCUT2D eigenvalue weighted by Gasteiger charge is 2.34. The lowest BCUT2D eigenvalue weighted by Crippen LogP contribution is -2.48. The second kappa shape index (κ2) is 10.0. The highest BCUT2D eigenvalue weighted by molar-refractivity contribution is 7.91. The molecule has 5 rings (SSSR count). The monoisotopic (exact) mass is 479 g/mol. The van der Waals surface area contributed by atoms with E-state index in [1.807, 2.05) is 0 Å². The number of ether oxygens (including phenoxy) is 1. The van der Waals surface area contributed by atoms with Crippen LogP contribution in [0.15, 0.2) is 66.1 Å². The van der Waals surface area contributed by atoms with Crippen molar-refractivity contribution in [2.75, 3.05) is 32.1 Å². The minimum atomic E-state index is -3.40. The molecule has 2 heterocycles. The van der Waals surface area contributed by atoms with Gasteiger partial charge in [0, 0.05) is 38.3 Å². The van der Waals surface area contributed by atoms with E-state index in [2.05, 4.69) is 58.4 Å². The standard InChI is InChI=1S/C27H33N3O3S/c1-29-19-27(28-20-29)34(31,32)16-11-22-7-8-23-9-10-26(30-12-14-33-15-13-30)25(24(23)17-22)18-21-5-3-2-4-6-21/h2-8,17,19-20,25-26H,9-16,18H2,1H3. The Labute approximate surface area is 202 Å². The van der Waals surface area contributed by atoms with Crippen molar-refractivity contribution in [2.24, 2.45) is 7.05 Å². The van der Waals surface area contributed by atoms with Crippen molar-refractivity contribution < 1.29 is 13.2 Å². The molecule has 2 atom stereocenters. The quantitative estimate of drug-likeness (QED) is 0.520. The van der Waals surface area contributed by atoms with Gasteiger partial charge in [0.25, 0.3) is 0 Å². The number of aryl methyl sites for hydroxylation is 3. The van der Waals surface area contributed by atoms with Gasteiger partial charge in [0.1, 0.15) is 0 Å². The molecule has 0 bridgehead atoms. The fourth-order valence-corrected chi connectivity index (χ4v) is 6.70. The SMILES string of the molecule is Cn1cnc(S(=O)(=O)CCc2ccc3c(c2)C(Cc2ccccc2)C(N2CCOCC2)CC3)c1. The van der Waals surface area contributed by atoms with Crippen molar-refractivity contribution in [1.29, 1.82) is 0 Å². The Bertz CT molecular complexity index is 1220. The number of fused-ring (bicyclic) bond motifs is 1. The van der Waals surface area contributed by atoms with Crippen molar-refractivity contribution in [3.8, 4) is 0 Å². The molecule has 180 valence electrons. The van der Waals surface area contributed by atoms with Gasteiger partial charge in [0.15, 0.2) is 14.9 Å². The van der Waals surface area contributed by atoms with Gasteiger partial charge in [0.05, 0.1) is 25.3 Å². The summed E-state index contributed by atoms with van der Waals surface area (Å²) in [6.45, 7) is 3.56. The highest BCUT2D eigenvalue weighted by Crippen LogP contribution is 2.38. The number of hydrogen-bond donors (Lipinski definition) is 0.